The van der Waals surface area contributed by atoms with Crippen LogP contribution in [0.1, 0.15) is 6.42 Å². The van der Waals surface area contributed by atoms with Crippen LogP contribution in [0.5, 0.6) is 0 Å². The SMILES string of the molecule is Nc1ccc2c(NCCCO)ncnc2c1. The molecule has 0 fully saturated rings. The van der Waals surface area contributed by atoms with Crippen molar-refractivity contribution < 1.29 is 5.11 Å². The van der Waals surface area contributed by atoms with Gasteiger partial charge in [-0.15, -0.1) is 0 Å². The van der Waals surface area contributed by atoms with Gasteiger partial charge in [0.2, 0.25) is 0 Å². The molecule has 0 saturated heterocycles. The summed E-state index contributed by atoms with van der Waals surface area (Å²) >= 11 is 0. The van der Waals surface area contributed by atoms with E-state index in [0.717, 1.165) is 16.7 Å². The van der Waals surface area contributed by atoms with Gasteiger partial charge in [0.1, 0.15) is 12.1 Å². The van der Waals surface area contributed by atoms with E-state index in [2.05, 4.69) is 15.3 Å². The zero-order valence-corrected chi connectivity index (χ0v) is 8.85. The number of anilines is 2. The van der Waals surface area contributed by atoms with Crippen molar-refractivity contribution in [3.8, 4) is 0 Å². The monoisotopic (exact) mass is 218 g/mol. The molecular weight excluding hydrogens is 204 g/mol. The fourth-order valence-electron chi connectivity index (χ4n) is 1.50. The number of aliphatic hydroxyl groups excluding tert-OH is 1. The molecule has 2 rings (SSSR count). The first-order valence-electron chi connectivity index (χ1n) is 5.16. The van der Waals surface area contributed by atoms with Gasteiger partial charge in [-0.05, 0) is 24.6 Å². The van der Waals surface area contributed by atoms with Crippen LogP contribution in [0, 0.1) is 0 Å². The second-order valence-corrected chi connectivity index (χ2v) is 3.50. The van der Waals surface area contributed by atoms with Crippen LogP contribution in [0.15, 0.2) is 24.5 Å². The van der Waals surface area contributed by atoms with E-state index >= 15 is 0 Å². The normalized spacial score (nSPS) is 10.6. The van der Waals surface area contributed by atoms with Gasteiger partial charge in [0.05, 0.1) is 5.52 Å². The predicted molar refractivity (Wildman–Crippen MR) is 64.1 cm³/mol. The van der Waals surface area contributed by atoms with Crippen LogP contribution >= 0.6 is 0 Å². The van der Waals surface area contributed by atoms with Crippen molar-refractivity contribution in [2.45, 2.75) is 6.42 Å². The Balaban J connectivity index is 2.30. The van der Waals surface area contributed by atoms with E-state index in [9.17, 15) is 0 Å². The van der Waals surface area contributed by atoms with Crippen molar-refractivity contribution in [3.63, 3.8) is 0 Å². The largest absolute Gasteiger partial charge is 0.399 e. The van der Waals surface area contributed by atoms with Gasteiger partial charge in [-0.1, -0.05) is 0 Å². The van der Waals surface area contributed by atoms with E-state index in [1.165, 1.54) is 6.33 Å². The fraction of sp³-hybridized carbons (Fsp3) is 0.273. The zero-order chi connectivity index (χ0) is 11.4. The van der Waals surface area contributed by atoms with Gasteiger partial charge in [-0.2, -0.15) is 0 Å². The molecule has 0 amide bonds. The second kappa shape index (κ2) is 4.76. The average molecular weight is 218 g/mol. The highest BCUT2D eigenvalue weighted by Gasteiger charge is 2.02. The number of nitrogens with two attached hydrogens (primary N) is 1. The first-order valence-corrected chi connectivity index (χ1v) is 5.16. The molecule has 0 spiro atoms. The summed E-state index contributed by atoms with van der Waals surface area (Å²) in [5.41, 5.74) is 7.19. The minimum atomic E-state index is 0.170. The molecule has 5 nitrogen and oxygen atoms in total. The molecule has 0 aliphatic heterocycles. The molecule has 2 aromatic rings. The van der Waals surface area contributed by atoms with Crippen LogP contribution in [-0.4, -0.2) is 28.2 Å². The third kappa shape index (κ3) is 2.20. The van der Waals surface area contributed by atoms with Crippen LogP contribution in [0.4, 0.5) is 11.5 Å². The number of nitrogens with one attached hydrogen (secondary N) is 1. The summed E-state index contributed by atoms with van der Waals surface area (Å²) in [7, 11) is 0. The molecule has 0 aliphatic carbocycles. The number of aliphatic hydroxyl groups is 1. The van der Waals surface area contributed by atoms with Crippen molar-refractivity contribution in [2.75, 3.05) is 24.2 Å². The van der Waals surface area contributed by atoms with E-state index in [-0.39, 0.29) is 6.61 Å². The topological polar surface area (TPSA) is 84.1 Å². The van der Waals surface area contributed by atoms with Crippen molar-refractivity contribution in [1.82, 2.24) is 9.97 Å². The molecule has 0 unspecified atom stereocenters. The third-order valence-corrected chi connectivity index (χ3v) is 2.29. The molecule has 0 atom stereocenters. The van der Waals surface area contributed by atoms with Gasteiger partial charge in [0.25, 0.3) is 0 Å². The molecular formula is C11H14N4O. The Morgan fingerprint density at radius 3 is 3.00 bits per heavy atom. The first-order chi connectivity index (χ1) is 7.81. The number of fused-ring (bicyclic) bond motifs is 1. The van der Waals surface area contributed by atoms with Crippen molar-refractivity contribution in [3.05, 3.63) is 24.5 Å². The quantitative estimate of drug-likeness (QED) is 0.527. The molecule has 0 radical (unpaired) electrons. The summed E-state index contributed by atoms with van der Waals surface area (Å²) in [4.78, 5) is 8.31. The van der Waals surface area contributed by atoms with Gasteiger partial charge < -0.3 is 16.2 Å². The molecule has 4 N–H and O–H groups in total. The molecule has 1 heterocycles. The number of hydrogen-bond acceptors (Lipinski definition) is 5. The van der Waals surface area contributed by atoms with Crippen LogP contribution in [-0.2, 0) is 0 Å². The smallest absolute Gasteiger partial charge is 0.137 e. The number of rotatable bonds is 4. The lowest BCUT2D eigenvalue weighted by Gasteiger charge is -2.07. The lowest BCUT2D eigenvalue weighted by atomic mass is 10.2. The zero-order valence-electron chi connectivity index (χ0n) is 8.85. The van der Waals surface area contributed by atoms with Gasteiger partial charge in [0, 0.05) is 24.2 Å². The molecule has 0 saturated carbocycles. The van der Waals surface area contributed by atoms with Gasteiger partial charge in [0.15, 0.2) is 0 Å². The summed E-state index contributed by atoms with van der Waals surface area (Å²) in [5.74, 6) is 0.776. The Morgan fingerprint density at radius 1 is 1.31 bits per heavy atom. The van der Waals surface area contributed by atoms with E-state index in [1.54, 1.807) is 0 Å². The lowest BCUT2D eigenvalue weighted by Crippen LogP contribution is -2.05. The number of nitrogen functional groups attached to an aromatic ring is 1. The number of benzene rings is 1. The molecule has 1 aromatic carbocycles. The Labute approximate surface area is 93.3 Å². The highest BCUT2D eigenvalue weighted by molar-refractivity contribution is 5.90. The molecule has 0 bridgehead atoms. The van der Waals surface area contributed by atoms with Crippen molar-refractivity contribution >= 4 is 22.4 Å². The number of hydrogen-bond donors (Lipinski definition) is 3. The summed E-state index contributed by atoms with van der Waals surface area (Å²) in [5, 5.41) is 12.8. The van der Waals surface area contributed by atoms with E-state index in [1.807, 2.05) is 18.2 Å². The van der Waals surface area contributed by atoms with Crippen LogP contribution in [0.25, 0.3) is 10.9 Å². The van der Waals surface area contributed by atoms with Gasteiger partial charge >= 0.3 is 0 Å². The minimum Gasteiger partial charge on any atom is -0.399 e. The average Bonchev–Trinajstić information content (AvgIpc) is 2.29. The number of nitrogens with zero attached hydrogens (tertiary/aromatic N) is 2. The molecule has 16 heavy (non-hydrogen) atoms. The second-order valence-electron chi connectivity index (χ2n) is 3.50. The summed E-state index contributed by atoms with van der Waals surface area (Å²) in [6, 6.07) is 5.53. The molecule has 1 aromatic heterocycles. The Hall–Kier alpha value is -1.88. The Kier molecular flexibility index (Phi) is 3.16. The fourth-order valence-corrected chi connectivity index (χ4v) is 1.50. The van der Waals surface area contributed by atoms with Gasteiger partial charge in [-0.25, -0.2) is 9.97 Å². The van der Waals surface area contributed by atoms with E-state index in [4.69, 9.17) is 10.8 Å². The summed E-state index contributed by atoms with van der Waals surface area (Å²) in [6.45, 7) is 0.857. The highest BCUT2D eigenvalue weighted by atomic mass is 16.3. The maximum absolute atomic E-state index is 8.70. The van der Waals surface area contributed by atoms with Crippen LogP contribution in [0.3, 0.4) is 0 Å². The predicted octanol–water partition coefficient (Wildman–Crippen LogP) is 1.01. The Morgan fingerprint density at radius 2 is 2.19 bits per heavy atom. The summed E-state index contributed by atoms with van der Waals surface area (Å²) in [6.07, 6.45) is 2.20. The highest BCUT2D eigenvalue weighted by Crippen LogP contribution is 2.20. The van der Waals surface area contributed by atoms with E-state index < -0.39 is 0 Å². The first kappa shape index (κ1) is 10.6. The molecule has 5 heteroatoms. The van der Waals surface area contributed by atoms with Crippen molar-refractivity contribution in [2.24, 2.45) is 0 Å². The maximum Gasteiger partial charge on any atom is 0.137 e. The maximum atomic E-state index is 8.70. The Bertz CT molecular complexity index is 486. The molecule has 0 aliphatic rings. The summed E-state index contributed by atoms with van der Waals surface area (Å²) < 4.78 is 0. The lowest BCUT2D eigenvalue weighted by molar-refractivity contribution is 0.292. The van der Waals surface area contributed by atoms with Crippen LogP contribution in [0.2, 0.25) is 0 Å². The van der Waals surface area contributed by atoms with Crippen molar-refractivity contribution in [1.29, 1.82) is 0 Å². The van der Waals surface area contributed by atoms with E-state index in [0.29, 0.717) is 18.7 Å². The van der Waals surface area contributed by atoms with Gasteiger partial charge in [-0.3, -0.25) is 0 Å². The standard InChI is InChI=1S/C11H14N4O/c12-8-2-3-9-10(6-8)14-7-15-11(9)13-4-1-5-16/h2-3,6-7,16H,1,4-5,12H2,(H,13,14,15). The third-order valence-electron chi connectivity index (χ3n) is 2.29. The minimum absolute atomic E-state index is 0.170. The number of aromatic nitrogens is 2. The van der Waals surface area contributed by atoms with Crippen LogP contribution < -0.4 is 11.1 Å². The molecule has 84 valence electrons.